The summed E-state index contributed by atoms with van der Waals surface area (Å²) in [5.74, 6) is 0.532. The number of nitrogen functional groups attached to an aromatic ring is 1. The average molecular weight is 541 g/mol. The number of ether oxygens (including phenoxy) is 2. The highest BCUT2D eigenvalue weighted by Crippen LogP contribution is 2.41. The zero-order chi connectivity index (χ0) is 27.4. The Hall–Kier alpha value is -3.52. The molecule has 3 aromatic rings. The van der Waals surface area contributed by atoms with Crippen molar-refractivity contribution in [3.8, 4) is 11.5 Å². The second kappa shape index (κ2) is 11.7. The number of hydrogen-bond donors (Lipinski definition) is 1. The molecule has 1 aliphatic carbocycles. The lowest BCUT2D eigenvalue weighted by atomic mass is 9.87. The molecule has 1 heterocycles. The number of halogens is 4. The largest absolute Gasteiger partial charge is 0.573 e. The minimum atomic E-state index is -4.73. The number of fused-ring (bicyclic) bond motifs is 1. The quantitative estimate of drug-likeness (QED) is 0.241. The lowest BCUT2D eigenvalue weighted by Crippen LogP contribution is -2.26. The van der Waals surface area contributed by atoms with E-state index in [-0.39, 0.29) is 18.5 Å². The van der Waals surface area contributed by atoms with Gasteiger partial charge in [0, 0.05) is 25.3 Å². The molecule has 0 amide bonds. The van der Waals surface area contributed by atoms with Gasteiger partial charge in [0.2, 0.25) is 0 Å². The van der Waals surface area contributed by atoms with E-state index < -0.39 is 6.36 Å². The predicted molar refractivity (Wildman–Crippen MR) is 145 cm³/mol. The van der Waals surface area contributed by atoms with Gasteiger partial charge in [-0.15, -0.1) is 13.2 Å². The predicted octanol–water partition coefficient (Wildman–Crippen LogP) is 7.28. The van der Waals surface area contributed by atoms with Gasteiger partial charge in [-0.05, 0) is 102 Å². The van der Waals surface area contributed by atoms with Crippen molar-refractivity contribution in [2.45, 2.75) is 44.6 Å². The maximum absolute atomic E-state index is 12.7. The fourth-order valence-electron chi connectivity index (χ4n) is 5.56. The molecular weight excluding hydrogens is 508 g/mol. The van der Waals surface area contributed by atoms with Crippen molar-refractivity contribution < 1.29 is 27.0 Å². The summed E-state index contributed by atoms with van der Waals surface area (Å²) in [5, 5.41) is 0. The van der Waals surface area contributed by atoms with Crippen molar-refractivity contribution >= 4 is 16.8 Å². The van der Waals surface area contributed by atoms with E-state index in [9.17, 15) is 17.6 Å². The molecule has 0 aromatic heterocycles. The Kier molecular flexibility index (Phi) is 8.12. The Morgan fingerprint density at radius 3 is 2.33 bits per heavy atom. The normalized spacial score (nSPS) is 18.1. The highest BCUT2D eigenvalue weighted by molar-refractivity contribution is 6.00. The first-order chi connectivity index (χ1) is 18.8. The van der Waals surface area contributed by atoms with Crippen molar-refractivity contribution in [1.82, 2.24) is 4.90 Å². The summed E-state index contributed by atoms with van der Waals surface area (Å²) >= 11 is 0. The molecule has 0 spiro atoms. The molecule has 1 saturated heterocycles. The number of benzene rings is 3. The van der Waals surface area contributed by atoms with E-state index in [4.69, 9.17) is 10.5 Å². The number of nitrogens with two attached hydrogens (primary N) is 1. The van der Waals surface area contributed by atoms with Crippen LogP contribution in [0.4, 0.5) is 23.2 Å². The van der Waals surface area contributed by atoms with E-state index in [1.165, 1.54) is 12.1 Å². The summed E-state index contributed by atoms with van der Waals surface area (Å²) in [6, 6.07) is 20.0. The molecule has 1 atom stereocenters. The van der Waals surface area contributed by atoms with E-state index >= 15 is 0 Å². The fourth-order valence-corrected chi connectivity index (χ4v) is 5.56. The van der Waals surface area contributed by atoms with Crippen molar-refractivity contribution in [3.05, 3.63) is 89.0 Å². The topological polar surface area (TPSA) is 47.7 Å². The molecule has 8 heteroatoms. The Bertz CT molecular complexity index is 1300. The van der Waals surface area contributed by atoms with Gasteiger partial charge in [0.15, 0.2) is 0 Å². The third kappa shape index (κ3) is 6.74. The van der Waals surface area contributed by atoms with Gasteiger partial charge in [0.1, 0.15) is 17.6 Å². The van der Waals surface area contributed by atoms with E-state index in [1.807, 2.05) is 42.5 Å². The van der Waals surface area contributed by atoms with Crippen LogP contribution in [0, 0.1) is 0 Å². The van der Waals surface area contributed by atoms with Crippen LogP contribution in [0.1, 0.15) is 47.9 Å². The molecule has 0 unspecified atom stereocenters. The van der Waals surface area contributed by atoms with Gasteiger partial charge >= 0.3 is 6.36 Å². The van der Waals surface area contributed by atoms with Gasteiger partial charge in [-0.3, -0.25) is 9.29 Å². The Labute approximate surface area is 226 Å². The number of anilines is 1. The van der Waals surface area contributed by atoms with Gasteiger partial charge < -0.3 is 15.2 Å². The number of likely N-dealkylation sites (tertiary alicyclic amines) is 1. The molecule has 0 saturated carbocycles. The molecular formula is C31H32F4N2O2. The fraction of sp³-hybridized carbons (Fsp3) is 0.355. The molecule has 4 nitrogen and oxygen atoms in total. The van der Waals surface area contributed by atoms with Gasteiger partial charge in [-0.25, -0.2) is 0 Å². The lowest BCUT2D eigenvalue weighted by molar-refractivity contribution is -0.274. The molecule has 39 heavy (non-hydrogen) atoms. The number of aryl methyl sites for hydroxylation is 1. The number of rotatable bonds is 8. The van der Waals surface area contributed by atoms with Crippen LogP contribution in [-0.4, -0.2) is 43.7 Å². The first-order valence-corrected chi connectivity index (χ1v) is 13.3. The van der Waals surface area contributed by atoms with E-state index in [1.54, 1.807) is 12.1 Å². The summed E-state index contributed by atoms with van der Waals surface area (Å²) < 4.78 is 60.9. The second-order valence-electron chi connectivity index (χ2n) is 10.1. The average Bonchev–Trinajstić information content (AvgIpc) is 3.26. The van der Waals surface area contributed by atoms with Crippen molar-refractivity contribution in [2.24, 2.45) is 0 Å². The van der Waals surface area contributed by atoms with Crippen molar-refractivity contribution in [3.63, 3.8) is 0 Å². The van der Waals surface area contributed by atoms with Gasteiger partial charge in [-0.2, -0.15) is 0 Å². The summed E-state index contributed by atoms with van der Waals surface area (Å²) in [4.78, 5) is 2.23. The standard InChI is InChI=1S/C31H32F4N2O2/c32-16-2-17-37-18-15-27(20-37)38-25-10-7-22(8-11-25)30-28(4-1-3-23-19-24(36)9-14-29(23)30)21-5-12-26(13-6-21)39-31(33,34)35/h5-14,19,27H,1-4,15-18,20,36H2/t27-/m0/s1. The molecule has 2 aliphatic rings. The highest BCUT2D eigenvalue weighted by atomic mass is 19.4. The van der Waals surface area contributed by atoms with Crippen molar-refractivity contribution in [1.29, 1.82) is 0 Å². The van der Waals surface area contributed by atoms with Crippen LogP contribution in [0.3, 0.4) is 0 Å². The number of nitrogens with zero attached hydrogens (tertiary/aromatic N) is 1. The number of hydrogen-bond acceptors (Lipinski definition) is 4. The lowest BCUT2D eigenvalue weighted by Gasteiger charge is -2.19. The van der Waals surface area contributed by atoms with Crippen LogP contribution in [0.15, 0.2) is 66.7 Å². The second-order valence-corrected chi connectivity index (χ2v) is 10.1. The molecule has 0 bridgehead atoms. The van der Waals surface area contributed by atoms with E-state index in [0.29, 0.717) is 12.1 Å². The summed E-state index contributed by atoms with van der Waals surface area (Å²) in [5.41, 5.74) is 13.0. The third-order valence-electron chi connectivity index (χ3n) is 7.29. The maximum atomic E-state index is 12.7. The minimum absolute atomic E-state index is 0.0734. The molecule has 0 radical (unpaired) electrons. The number of allylic oxidation sites excluding steroid dienone is 1. The van der Waals surface area contributed by atoms with Crippen LogP contribution in [0.25, 0.3) is 11.1 Å². The Morgan fingerprint density at radius 1 is 0.897 bits per heavy atom. The maximum Gasteiger partial charge on any atom is 0.573 e. The van der Waals surface area contributed by atoms with Crippen LogP contribution in [-0.2, 0) is 6.42 Å². The van der Waals surface area contributed by atoms with Gasteiger partial charge in [0.25, 0.3) is 0 Å². The molecule has 1 aliphatic heterocycles. The molecule has 3 aromatic carbocycles. The highest BCUT2D eigenvalue weighted by Gasteiger charge is 2.31. The molecule has 5 rings (SSSR count). The first-order valence-electron chi connectivity index (χ1n) is 13.3. The molecule has 206 valence electrons. The van der Waals surface area contributed by atoms with Crippen LogP contribution < -0.4 is 15.2 Å². The molecule has 2 N–H and O–H groups in total. The number of alkyl halides is 4. The third-order valence-corrected chi connectivity index (χ3v) is 7.29. The Balaban J connectivity index is 1.45. The minimum Gasteiger partial charge on any atom is -0.489 e. The summed E-state index contributed by atoms with van der Waals surface area (Å²) in [6.07, 6.45) is -0.705. The SMILES string of the molecule is Nc1ccc2c(c1)CCCC(c1ccc(OC(F)(F)F)cc1)=C2c1ccc(O[C@H]2CCN(CCCF)C2)cc1. The zero-order valence-electron chi connectivity index (χ0n) is 21.6. The van der Waals surface area contributed by atoms with Crippen molar-refractivity contribution in [2.75, 3.05) is 32.0 Å². The monoisotopic (exact) mass is 540 g/mol. The smallest absolute Gasteiger partial charge is 0.489 e. The first kappa shape index (κ1) is 27.1. The van der Waals surface area contributed by atoms with Gasteiger partial charge in [-0.1, -0.05) is 30.3 Å². The van der Waals surface area contributed by atoms with Crippen LogP contribution in [0.5, 0.6) is 11.5 Å². The van der Waals surface area contributed by atoms with E-state index in [0.717, 1.165) is 84.5 Å². The van der Waals surface area contributed by atoms with Crippen LogP contribution >= 0.6 is 0 Å². The van der Waals surface area contributed by atoms with Crippen LogP contribution in [0.2, 0.25) is 0 Å². The summed E-state index contributed by atoms with van der Waals surface area (Å²) in [6.45, 7) is 2.15. The Morgan fingerprint density at radius 2 is 1.62 bits per heavy atom. The summed E-state index contributed by atoms with van der Waals surface area (Å²) in [7, 11) is 0. The van der Waals surface area contributed by atoms with E-state index in [2.05, 4.69) is 9.64 Å². The zero-order valence-corrected chi connectivity index (χ0v) is 21.6. The van der Waals surface area contributed by atoms with Gasteiger partial charge in [0.05, 0.1) is 6.67 Å². The molecule has 1 fully saturated rings.